The molecule has 6 rings (SSSR count). The molecule has 39 heavy (non-hydrogen) atoms. The van der Waals surface area contributed by atoms with E-state index in [1.807, 2.05) is 32.0 Å². The van der Waals surface area contributed by atoms with E-state index in [9.17, 15) is 9.90 Å². The SMILES string of the molecule is C[C@@H](Nc1nc(N2CC([C@H]3CCCN(C4CC(C)(C(=O)O)C4)C3)C2)cc2nc(Cl)nn12)c1ccc(Cl)cc1Cl. The summed E-state index contributed by atoms with van der Waals surface area (Å²) in [5.74, 6) is 1.91. The summed E-state index contributed by atoms with van der Waals surface area (Å²) in [6.45, 7) is 7.86. The van der Waals surface area contributed by atoms with E-state index in [0.29, 0.717) is 39.5 Å². The van der Waals surface area contributed by atoms with Crippen LogP contribution in [0.1, 0.15) is 51.1 Å². The molecule has 2 N–H and O–H groups in total. The Kier molecular flexibility index (Phi) is 7.06. The fourth-order valence-electron chi connectivity index (χ4n) is 6.40. The number of hydrogen-bond donors (Lipinski definition) is 2. The van der Waals surface area contributed by atoms with E-state index >= 15 is 0 Å². The molecule has 208 valence electrons. The number of likely N-dealkylation sites (tertiary alicyclic amines) is 1. The molecule has 9 nitrogen and oxygen atoms in total. The molecule has 3 aliphatic rings. The third-order valence-corrected chi connectivity index (χ3v) is 9.58. The number of carbonyl (C=O) groups is 1. The number of carboxylic acids is 1. The maximum absolute atomic E-state index is 11.5. The summed E-state index contributed by atoms with van der Waals surface area (Å²) in [5.41, 5.74) is 0.969. The van der Waals surface area contributed by atoms with Crippen LogP contribution in [-0.2, 0) is 4.79 Å². The standard InChI is InChI=1S/C27H32Cl3N7O2/c1-15(20-6-5-18(28)8-21(20)29)31-26-33-22(9-23-32-25(30)34-37(23)26)36-13-17(14-36)16-4-3-7-35(12-16)19-10-27(2,11-19)24(38)39/h5-6,8-9,15-17,19H,3-4,7,10-14H2,1-2H3,(H,31,33)(H,38,39)/t15-,16+,19?,27?/m1/s1. The Morgan fingerprint density at radius 3 is 2.62 bits per heavy atom. The Balaban J connectivity index is 1.13. The van der Waals surface area contributed by atoms with Crippen LogP contribution in [0.5, 0.6) is 0 Å². The first-order chi connectivity index (χ1) is 18.6. The van der Waals surface area contributed by atoms with Gasteiger partial charge in [0.15, 0.2) is 5.65 Å². The molecule has 2 saturated heterocycles. The van der Waals surface area contributed by atoms with Crippen LogP contribution in [0.4, 0.5) is 11.8 Å². The Morgan fingerprint density at radius 1 is 1.13 bits per heavy atom. The zero-order valence-electron chi connectivity index (χ0n) is 21.9. The Morgan fingerprint density at radius 2 is 1.90 bits per heavy atom. The van der Waals surface area contributed by atoms with Crippen molar-refractivity contribution in [3.63, 3.8) is 0 Å². The third kappa shape index (κ3) is 5.14. The fraction of sp³-hybridized carbons (Fsp3) is 0.556. The van der Waals surface area contributed by atoms with E-state index in [4.69, 9.17) is 39.8 Å². The van der Waals surface area contributed by atoms with Crippen LogP contribution in [0.2, 0.25) is 15.3 Å². The molecule has 12 heteroatoms. The van der Waals surface area contributed by atoms with Crippen molar-refractivity contribution in [2.75, 3.05) is 36.4 Å². The molecular formula is C27H32Cl3N7O2. The van der Waals surface area contributed by atoms with Gasteiger partial charge in [0.2, 0.25) is 11.2 Å². The maximum Gasteiger partial charge on any atom is 0.309 e. The smallest absolute Gasteiger partial charge is 0.309 e. The lowest BCUT2D eigenvalue weighted by molar-refractivity contribution is -0.158. The number of carboxylic acid groups (broad SMARTS) is 1. The Labute approximate surface area is 242 Å². The molecule has 1 saturated carbocycles. The van der Waals surface area contributed by atoms with Crippen LogP contribution in [0.25, 0.3) is 5.65 Å². The van der Waals surface area contributed by atoms with E-state index < -0.39 is 11.4 Å². The number of halogens is 3. The van der Waals surface area contributed by atoms with E-state index in [1.54, 1.807) is 10.6 Å². The van der Waals surface area contributed by atoms with E-state index in [2.05, 4.69) is 25.2 Å². The van der Waals surface area contributed by atoms with Crippen LogP contribution in [0.3, 0.4) is 0 Å². The van der Waals surface area contributed by atoms with Gasteiger partial charge in [-0.15, -0.1) is 5.10 Å². The fourth-order valence-corrected chi connectivity index (χ4v) is 7.13. The van der Waals surface area contributed by atoms with Gasteiger partial charge >= 0.3 is 5.97 Å². The van der Waals surface area contributed by atoms with Crippen molar-refractivity contribution < 1.29 is 9.90 Å². The van der Waals surface area contributed by atoms with Gasteiger partial charge in [-0.1, -0.05) is 29.3 Å². The van der Waals surface area contributed by atoms with Gasteiger partial charge in [0.05, 0.1) is 11.5 Å². The maximum atomic E-state index is 11.5. The van der Waals surface area contributed by atoms with Crippen LogP contribution in [-0.4, -0.2) is 67.8 Å². The minimum absolute atomic E-state index is 0.157. The van der Waals surface area contributed by atoms with Gasteiger partial charge in [0.25, 0.3) is 0 Å². The monoisotopic (exact) mass is 591 g/mol. The Bertz CT molecular complexity index is 1400. The van der Waals surface area contributed by atoms with Crippen molar-refractivity contribution in [1.82, 2.24) is 24.5 Å². The summed E-state index contributed by atoms with van der Waals surface area (Å²) >= 11 is 18.7. The van der Waals surface area contributed by atoms with Gasteiger partial charge in [-0.05, 0) is 87.2 Å². The minimum Gasteiger partial charge on any atom is -0.481 e. The highest BCUT2D eigenvalue weighted by atomic mass is 35.5. The lowest BCUT2D eigenvalue weighted by Gasteiger charge is -2.52. The average Bonchev–Trinajstić information content (AvgIpc) is 3.21. The van der Waals surface area contributed by atoms with Crippen molar-refractivity contribution in [3.8, 4) is 0 Å². The van der Waals surface area contributed by atoms with Crippen LogP contribution < -0.4 is 10.2 Å². The van der Waals surface area contributed by atoms with Gasteiger partial charge in [-0.2, -0.15) is 14.5 Å². The first kappa shape index (κ1) is 26.9. The number of nitrogens with zero attached hydrogens (tertiary/aromatic N) is 6. The molecule has 3 fully saturated rings. The lowest BCUT2D eigenvalue weighted by Crippen LogP contribution is -2.58. The predicted octanol–water partition coefficient (Wildman–Crippen LogP) is 5.66. The molecule has 0 amide bonds. The van der Waals surface area contributed by atoms with Crippen LogP contribution >= 0.6 is 34.8 Å². The number of rotatable bonds is 7. The molecule has 2 aliphatic heterocycles. The van der Waals surface area contributed by atoms with Crippen molar-refractivity contribution in [1.29, 1.82) is 0 Å². The summed E-state index contributed by atoms with van der Waals surface area (Å²) in [6, 6.07) is 7.61. The van der Waals surface area contributed by atoms with Crippen LogP contribution in [0, 0.1) is 17.3 Å². The van der Waals surface area contributed by atoms with E-state index in [0.717, 1.165) is 50.4 Å². The number of fused-ring (bicyclic) bond motifs is 1. The second kappa shape index (κ2) is 10.3. The summed E-state index contributed by atoms with van der Waals surface area (Å²) in [4.78, 5) is 25.6. The number of piperidine rings is 1. The molecule has 1 aliphatic carbocycles. The number of nitrogens with one attached hydrogen (secondary N) is 1. The van der Waals surface area contributed by atoms with Crippen molar-refractivity contribution >= 4 is 58.2 Å². The number of aliphatic carboxylic acids is 1. The molecule has 1 aromatic carbocycles. The summed E-state index contributed by atoms with van der Waals surface area (Å²) in [5, 5.41) is 18.6. The van der Waals surface area contributed by atoms with E-state index in [-0.39, 0.29) is 11.3 Å². The molecule has 0 spiro atoms. The molecule has 0 unspecified atom stereocenters. The summed E-state index contributed by atoms with van der Waals surface area (Å²) < 4.78 is 1.62. The lowest BCUT2D eigenvalue weighted by atomic mass is 9.65. The quantitative estimate of drug-likeness (QED) is 0.363. The zero-order chi connectivity index (χ0) is 27.5. The van der Waals surface area contributed by atoms with Gasteiger partial charge in [-0.3, -0.25) is 4.79 Å². The summed E-state index contributed by atoms with van der Waals surface area (Å²) in [7, 11) is 0. The Hall–Kier alpha value is -2.33. The average molecular weight is 593 g/mol. The van der Waals surface area contributed by atoms with Crippen molar-refractivity contribution in [2.24, 2.45) is 17.3 Å². The topological polar surface area (TPSA) is 98.9 Å². The zero-order valence-corrected chi connectivity index (χ0v) is 24.2. The largest absolute Gasteiger partial charge is 0.481 e. The molecule has 2 atom stereocenters. The minimum atomic E-state index is -0.667. The predicted molar refractivity (Wildman–Crippen MR) is 153 cm³/mol. The molecule has 2 aromatic heterocycles. The van der Waals surface area contributed by atoms with Crippen molar-refractivity contribution in [2.45, 2.75) is 51.6 Å². The first-order valence-electron chi connectivity index (χ1n) is 13.5. The number of aromatic nitrogens is 4. The van der Waals surface area contributed by atoms with Crippen molar-refractivity contribution in [3.05, 3.63) is 45.2 Å². The molecule has 3 aromatic rings. The van der Waals surface area contributed by atoms with Gasteiger partial charge in [-0.25, -0.2) is 0 Å². The summed E-state index contributed by atoms with van der Waals surface area (Å²) in [6.07, 6.45) is 3.90. The first-order valence-corrected chi connectivity index (χ1v) is 14.6. The number of hydrogen-bond acceptors (Lipinski definition) is 7. The highest BCUT2D eigenvalue weighted by Crippen LogP contribution is 2.45. The van der Waals surface area contributed by atoms with Crippen LogP contribution in [0.15, 0.2) is 24.3 Å². The highest BCUT2D eigenvalue weighted by Gasteiger charge is 2.49. The number of benzene rings is 1. The van der Waals surface area contributed by atoms with Gasteiger partial charge in [0, 0.05) is 41.8 Å². The molecular weight excluding hydrogens is 561 g/mol. The molecule has 4 heterocycles. The molecule has 0 radical (unpaired) electrons. The second-order valence-electron chi connectivity index (χ2n) is 11.6. The second-order valence-corrected chi connectivity index (χ2v) is 12.8. The van der Waals surface area contributed by atoms with Gasteiger partial charge in [0.1, 0.15) is 5.82 Å². The normalized spacial score (nSPS) is 26.7. The number of anilines is 2. The third-order valence-electron chi connectivity index (χ3n) is 8.85. The van der Waals surface area contributed by atoms with E-state index in [1.165, 1.54) is 12.8 Å². The van der Waals surface area contributed by atoms with Gasteiger partial charge < -0.3 is 20.2 Å². The highest BCUT2D eigenvalue weighted by molar-refractivity contribution is 6.35. The molecule has 0 bridgehead atoms.